The van der Waals surface area contributed by atoms with Crippen LogP contribution in [0, 0.1) is 5.92 Å². The van der Waals surface area contributed by atoms with E-state index in [1.165, 1.54) is 17.3 Å². The summed E-state index contributed by atoms with van der Waals surface area (Å²) in [5.41, 5.74) is 3.38. The number of rotatable bonds is 3. The summed E-state index contributed by atoms with van der Waals surface area (Å²) in [4.78, 5) is 17.3. The number of Topliss-reactive ketones (excluding diaryl/α,β-unsaturated/α-hetero) is 1. The van der Waals surface area contributed by atoms with Crippen LogP contribution in [-0.2, 0) is 4.79 Å². The third kappa shape index (κ3) is 2.78. The molecule has 2 aliphatic rings. The number of nitrogens with one attached hydrogen (secondary N) is 1. The average Bonchev–Trinajstić information content (AvgIpc) is 3.03. The summed E-state index contributed by atoms with van der Waals surface area (Å²) >= 11 is 1.51. The first-order valence-electron chi connectivity index (χ1n) is 8.68. The van der Waals surface area contributed by atoms with Crippen molar-refractivity contribution in [2.75, 3.05) is 11.6 Å². The lowest BCUT2D eigenvalue weighted by molar-refractivity contribution is -0.123. The standard InChI is InChI=1S/C19H22N4OS/c1-11(2)12-7-9-13(10-8-12)17-16-14(5-4-6-15(16)24)20-18-21-19(25-3)22-23(17)18/h5,7-11,16-17H,4,6H2,1-3H3,(H,20,21,22)/t16-,17-/m1/s1. The molecule has 1 aromatic carbocycles. The number of allylic oxidation sites excluding steroid dienone is 2. The van der Waals surface area contributed by atoms with Gasteiger partial charge < -0.3 is 5.32 Å². The number of nitrogens with zero attached hydrogens (tertiary/aromatic N) is 3. The van der Waals surface area contributed by atoms with Crippen LogP contribution in [-0.4, -0.2) is 26.8 Å². The predicted molar refractivity (Wildman–Crippen MR) is 99.9 cm³/mol. The molecule has 2 heterocycles. The second-order valence-electron chi connectivity index (χ2n) is 6.90. The lowest BCUT2D eigenvalue weighted by Gasteiger charge is -2.36. The van der Waals surface area contributed by atoms with Crippen molar-refractivity contribution in [3.05, 3.63) is 47.2 Å². The second-order valence-corrected chi connectivity index (χ2v) is 7.67. The molecular weight excluding hydrogens is 332 g/mol. The predicted octanol–water partition coefficient (Wildman–Crippen LogP) is 4.00. The van der Waals surface area contributed by atoms with E-state index in [2.05, 4.69) is 59.6 Å². The maximum Gasteiger partial charge on any atom is 0.227 e. The van der Waals surface area contributed by atoms with E-state index < -0.39 is 0 Å². The Labute approximate surface area is 151 Å². The molecule has 1 N–H and O–H groups in total. The third-order valence-electron chi connectivity index (χ3n) is 5.01. The van der Waals surface area contributed by atoms with Gasteiger partial charge in [0.2, 0.25) is 11.1 Å². The molecule has 4 rings (SSSR count). The Bertz CT molecular complexity index is 838. The summed E-state index contributed by atoms with van der Waals surface area (Å²) < 4.78 is 1.89. The molecule has 0 bridgehead atoms. The van der Waals surface area contributed by atoms with E-state index in [9.17, 15) is 4.79 Å². The molecular formula is C19H22N4OS. The van der Waals surface area contributed by atoms with Gasteiger partial charge >= 0.3 is 0 Å². The van der Waals surface area contributed by atoms with Gasteiger partial charge in [-0.3, -0.25) is 4.79 Å². The quantitative estimate of drug-likeness (QED) is 0.844. The number of hydrogen-bond acceptors (Lipinski definition) is 5. The lowest BCUT2D eigenvalue weighted by Crippen LogP contribution is -2.38. The maximum absolute atomic E-state index is 12.7. The molecule has 2 atom stereocenters. The van der Waals surface area contributed by atoms with Gasteiger partial charge in [0, 0.05) is 12.1 Å². The molecule has 5 nitrogen and oxygen atoms in total. The van der Waals surface area contributed by atoms with Crippen LogP contribution < -0.4 is 5.32 Å². The Balaban J connectivity index is 1.84. The van der Waals surface area contributed by atoms with Crippen molar-refractivity contribution in [3.63, 3.8) is 0 Å². The molecule has 1 aromatic heterocycles. The van der Waals surface area contributed by atoms with Crippen LogP contribution in [0.25, 0.3) is 0 Å². The highest BCUT2D eigenvalue weighted by Gasteiger charge is 2.41. The fraction of sp³-hybridized carbons (Fsp3) is 0.421. The lowest BCUT2D eigenvalue weighted by atomic mass is 9.80. The molecule has 2 aromatic rings. The first-order valence-corrected chi connectivity index (χ1v) is 9.91. The van der Waals surface area contributed by atoms with Gasteiger partial charge in [0.25, 0.3) is 0 Å². The van der Waals surface area contributed by atoms with Crippen molar-refractivity contribution >= 4 is 23.5 Å². The van der Waals surface area contributed by atoms with Gasteiger partial charge in [0.05, 0.1) is 12.0 Å². The molecule has 130 valence electrons. The van der Waals surface area contributed by atoms with Gasteiger partial charge in [0.1, 0.15) is 5.78 Å². The van der Waals surface area contributed by atoms with Crippen molar-refractivity contribution in [2.24, 2.45) is 5.92 Å². The Hall–Kier alpha value is -2.08. The molecule has 0 spiro atoms. The summed E-state index contributed by atoms with van der Waals surface area (Å²) in [6.45, 7) is 4.37. The van der Waals surface area contributed by atoms with Crippen LogP contribution in [0.1, 0.15) is 49.8 Å². The number of carbonyl (C=O) groups excluding carboxylic acids is 1. The fourth-order valence-corrected chi connectivity index (χ4v) is 4.00. The third-order valence-corrected chi connectivity index (χ3v) is 5.55. The molecule has 0 amide bonds. The number of benzene rings is 1. The first kappa shape index (κ1) is 16.4. The molecule has 0 fully saturated rings. The number of hydrogen-bond donors (Lipinski definition) is 1. The second kappa shape index (κ2) is 6.33. The molecule has 0 saturated carbocycles. The number of aromatic nitrogens is 3. The van der Waals surface area contributed by atoms with Crippen molar-refractivity contribution in [3.8, 4) is 0 Å². The maximum atomic E-state index is 12.7. The van der Waals surface area contributed by atoms with Crippen molar-refractivity contribution in [1.29, 1.82) is 0 Å². The number of thioether (sulfide) groups is 1. The number of ketones is 1. The van der Waals surface area contributed by atoms with Crippen LogP contribution in [0.3, 0.4) is 0 Å². The molecule has 25 heavy (non-hydrogen) atoms. The molecule has 6 heteroatoms. The van der Waals surface area contributed by atoms with Crippen LogP contribution in [0.5, 0.6) is 0 Å². The van der Waals surface area contributed by atoms with Crippen LogP contribution in [0.2, 0.25) is 0 Å². The van der Waals surface area contributed by atoms with Gasteiger partial charge in [-0.15, -0.1) is 5.10 Å². The van der Waals surface area contributed by atoms with E-state index in [4.69, 9.17) is 0 Å². The zero-order chi connectivity index (χ0) is 17.6. The Morgan fingerprint density at radius 3 is 2.72 bits per heavy atom. The fourth-order valence-electron chi connectivity index (χ4n) is 3.65. The summed E-state index contributed by atoms with van der Waals surface area (Å²) in [6.07, 6.45) is 5.49. The minimum Gasteiger partial charge on any atom is -0.328 e. The summed E-state index contributed by atoms with van der Waals surface area (Å²) in [7, 11) is 0. The SMILES string of the molecule is CSc1nc2n(n1)[C@H](c1ccc(C(C)C)cc1)[C@H]1C(=O)CCC=C1N2. The Morgan fingerprint density at radius 1 is 1.28 bits per heavy atom. The van der Waals surface area contributed by atoms with E-state index in [0.29, 0.717) is 12.3 Å². The molecule has 0 radical (unpaired) electrons. The van der Waals surface area contributed by atoms with Crippen molar-refractivity contribution in [2.45, 2.75) is 43.8 Å². The van der Waals surface area contributed by atoms with E-state index in [1.807, 2.05) is 10.9 Å². The smallest absolute Gasteiger partial charge is 0.227 e. The molecule has 0 saturated heterocycles. The van der Waals surface area contributed by atoms with Crippen LogP contribution >= 0.6 is 11.8 Å². The van der Waals surface area contributed by atoms with E-state index >= 15 is 0 Å². The first-order chi connectivity index (χ1) is 12.1. The Kier molecular flexibility index (Phi) is 4.15. The average molecular weight is 354 g/mol. The summed E-state index contributed by atoms with van der Waals surface area (Å²) in [6, 6.07) is 8.45. The highest BCUT2D eigenvalue weighted by atomic mass is 32.2. The highest BCUT2D eigenvalue weighted by Crippen LogP contribution is 2.41. The summed E-state index contributed by atoms with van der Waals surface area (Å²) in [5, 5.41) is 8.69. The number of fused-ring (bicyclic) bond motifs is 2. The van der Waals surface area contributed by atoms with E-state index in [-0.39, 0.29) is 17.7 Å². The van der Waals surface area contributed by atoms with Crippen molar-refractivity contribution in [1.82, 2.24) is 14.8 Å². The van der Waals surface area contributed by atoms with Gasteiger partial charge in [-0.1, -0.05) is 56.0 Å². The molecule has 0 unspecified atom stereocenters. The minimum atomic E-state index is -0.206. The Morgan fingerprint density at radius 2 is 2.04 bits per heavy atom. The van der Waals surface area contributed by atoms with Crippen LogP contribution in [0.15, 0.2) is 41.2 Å². The zero-order valence-electron chi connectivity index (χ0n) is 14.7. The zero-order valence-corrected chi connectivity index (χ0v) is 15.5. The summed E-state index contributed by atoms with van der Waals surface area (Å²) in [5.74, 6) is 1.27. The van der Waals surface area contributed by atoms with Crippen molar-refractivity contribution < 1.29 is 4.79 Å². The van der Waals surface area contributed by atoms with Crippen LogP contribution in [0.4, 0.5) is 5.95 Å². The largest absolute Gasteiger partial charge is 0.328 e. The monoisotopic (exact) mass is 354 g/mol. The van der Waals surface area contributed by atoms with Gasteiger partial charge in [-0.25, -0.2) is 4.68 Å². The topological polar surface area (TPSA) is 59.8 Å². The van der Waals surface area contributed by atoms with Gasteiger partial charge in [-0.05, 0) is 29.7 Å². The minimum absolute atomic E-state index is 0.134. The highest BCUT2D eigenvalue weighted by molar-refractivity contribution is 7.98. The normalized spacial score (nSPS) is 22.2. The van der Waals surface area contributed by atoms with Gasteiger partial charge in [-0.2, -0.15) is 4.98 Å². The van der Waals surface area contributed by atoms with E-state index in [1.54, 1.807) is 0 Å². The van der Waals surface area contributed by atoms with Gasteiger partial charge in [0.15, 0.2) is 0 Å². The number of anilines is 1. The van der Waals surface area contributed by atoms with E-state index in [0.717, 1.165) is 28.8 Å². The number of carbonyl (C=O) groups is 1. The molecule has 1 aliphatic carbocycles. The molecule has 1 aliphatic heterocycles.